The SMILES string of the molecule is Cc1ccc(C(=O)Cc2ccc(CN3CCC(N(C)C)C3)c(C(F)(F)F)c2)cc1C12CC(c3cnc4cnccn34)(C1)C2. The standard InChI is InChI=1S/C34H36F3N5O/c1-22-4-6-24(14-27(22)32-19-33(20-32,21-32)30-15-39-31-16-38-9-11-42(30)31)29(43)13-23-5-7-25(28(12-23)34(35,36)37)17-41-10-8-26(18-41)40(2)3/h4-7,9,11-12,14-16,26H,8,10,13,17-21H2,1-3H3. The van der Waals surface area contributed by atoms with Gasteiger partial charge in [-0.1, -0.05) is 24.3 Å². The van der Waals surface area contributed by atoms with Gasteiger partial charge in [0.2, 0.25) is 0 Å². The van der Waals surface area contributed by atoms with Crippen molar-refractivity contribution >= 4 is 11.4 Å². The number of rotatable bonds is 8. The average molecular weight is 588 g/mol. The van der Waals surface area contributed by atoms with Crippen LogP contribution in [0.2, 0.25) is 0 Å². The Balaban J connectivity index is 1.07. The zero-order chi connectivity index (χ0) is 30.1. The zero-order valence-electron chi connectivity index (χ0n) is 24.8. The Labute approximate surface area is 249 Å². The molecular weight excluding hydrogens is 551 g/mol. The highest BCUT2D eigenvalue weighted by molar-refractivity contribution is 5.98. The summed E-state index contributed by atoms with van der Waals surface area (Å²) >= 11 is 0. The molecule has 0 amide bonds. The molecule has 1 atom stereocenters. The van der Waals surface area contributed by atoms with Crippen molar-refractivity contribution in [2.45, 2.75) is 68.6 Å². The fraction of sp³-hybridized carbons (Fsp3) is 0.441. The van der Waals surface area contributed by atoms with Crippen LogP contribution in [0.1, 0.15) is 69.6 Å². The number of ketones is 1. The second kappa shape index (κ2) is 9.99. The van der Waals surface area contributed by atoms with Gasteiger partial charge in [0.15, 0.2) is 11.4 Å². The van der Waals surface area contributed by atoms with E-state index in [9.17, 15) is 18.0 Å². The van der Waals surface area contributed by atoms with Crippen LogP contribution in [-0.2, 0) is 30.0 Å². The molecule has 3 saturated carbocycles. The number of hydrogen-bond acceptors (Lipinski definition) is 5. The third-order valence-corrected chi connectivity index (χ3v) is 10.2. The number of Topliss-reactive ketones (excluding diaryl/α,β-unsaturated/α-hetero) is 1. The van der Waals surface area contributed by atoms with Crippen molar-refractivity contribution in [3.05, 3.63) is 100 Å². The Bertz CT molecular complexity index is 1700. The van der Waals surface area contributed by atoms with Crippen LogP contribution in [0.4, 0.5) is 13.2 Å². The third kappa shape index (κ3) is 4.77. The molecule has 2 aromatic heterocycles. The number of carbonyl (C=O) groups is 1. The van der Waals surface area contributed by atoms with Gasteiger partial charge in [-0.3, -0.25) is 14.7 Å². The van der Waals surface area contributed by atoms with E-state index in [2.05, 4.69) is 31.1 Å². The second-order valence-electron chi connectivity index (χ2n) is 13.3. The van der Waals surface area contributed by atoms with E-state index in [1.54, 1.807) is 24.5 Å². The second-order valence-corrected chi connectivity index (χ2v) is 13.3. The van der Waals surface area contributed by atoms with Gasteiger partial charge in [-0.05, 0) is 86.5 Å². The van der Waals surface area contributed by atoms with Gasteiger partial charge in [-0.2, -0.15) is 13.2 Å². The normalized spacial score (nSPS) is 25.2. The van der Waals surface area contributed by atoms with E-state index in [1.165, 1.54) is 17.3 Å². The number of nitrogens with zero attached hydrogens (tertiary/aromatic N) is 5. The summed E-state index contributed by atoms with van der Waals surface area (Å²) in [6.45, 7) is 3.85. The summed E-state index contributed by atoms with van der Waals surface area (Å²) in [6.07, 6.45) is 6.85. The Morgan fingerprint density at radius 3 is 2.58 bits per heavy atom. The summed E-state index contributed by atoms with van der Waals surface area (Å²) < 4.78 is 44.6. The van der Waals surface area contributed by atoms with Gasteiger partial charge in [-0.25, -0.2) is 4.98 Å². The van der Waals surface area contributed by atoms with Gasteiger partial charge < -0.3 is 9.30 Å². The molecule has 8 rings (SSSR count). The van der Waals surface area contributed by atoms with E-state index in [0.717, 1.165) is 50.0 Å². The maximum atomic E-state index is 14.1. The topological polar surface area (TPSA) is 53.7 Å². The summed E-state index contributed by atoms with van der Waals surface area (Å²) in [6, 6.07) is 10.6. The van der Waals surface area contributed by atoms with Crippen molar-refractivity contribution in [3.8, 4) is 0 Å². The molecule has 2 aromatic carbocycles. The molecule has 0 N–H and O–H groups in total. The summed E-state index contributed by atoms with van der Waals surface area (Å²) in [5, 5.41) is 0. The Morgan fingerprint density at radius 2 is 1.86 bits per heavy atom. The van der Waals surface area contributed by atoms with Gasteiger partial charge in [-0.15, -0.1) is 0 Å². The van der Waals surface area contributed by atoms with E-state index in [4.69, 9.17) is 0 Å². The number of likely N-dealkylation sites (N-methyl/N-ethyl adjacent to an activating group) is 1. The third-order valence-electron chi connectivity index (χ3n) is 10.2. The van der Waals surface area contributed by atoms with Crippen LogP contribution in [0.15, 0.2) is 61.2 Å². The maximum absolute atomic E-state index is 14.1. The number of halogens is 3. The molecule has 6 nitrogen and oxygen atoms in total. The molecule has 3 heterocycles. The van der Waals surface area contributed by atoms with E-state index >= 15 is 0 Å². The smallest absolute Gasteiger partial charge is 0.305 e. The number of likely N-dealkylation sites (tertiary alicyclic amines) is 1. The first-order valence-corrected chi connectivity index (χ1v) is 15.0. The van der Waals surface area contributed by atoms with Crippen LogP contribution in [0, 0.1) is 6.92 Å². The first-order valence-electron chi connectivity index (χ1n) is 15.0. The lowest BCUT2D eigenvalue weighted by atomic mass is 9.32. The predicted octanol–water partition coefficient (Wildman–Crippen LogP) is 5.99. The molecule has 4 aliphatic rings. The maximum Gasteiger partial charge on any atom is 0.416 e. The molecule has 0 spiro atoms. The highest BCUT2D eigenvalue weighted by Crippen LogP contribution is 2.74. The van der Waals surface area contributed by atoms with Gasteiger partial charge >= 0.3 is 6.18 Å². The van der Waals surface area contributed by atoms with Gasteiger partial charge in [0.25, 0.3) is 0 Å². The number of benzene rings is 2. The van der Waals surface area contributed by atoms with Crippen LogP contribution in [0.5, 0.6) is 0 Å². The number of hydrogen-bond donors (Lipinski definition) is 0. The van der Waals surface area contributed by atoms with Crippen molar-refractivity contribution in [2.24, 2.45) is 0 Å². The Kier molecular flexibility index (Phi) is 6.56. The van der Waals surface area contributed by atoms with Gasteiger partial charge in [0, 0.05) is 67.4 Å². The predicted molar refractivity (Wildman–Crippen MR) is 158 cm³/mol. The molecule has 9 heteroatoms. The Hall–Kier alpha value is -3.56. The van der Waals surface area contributed by atoms with Crippen molar-refractivity contribution in [1.29, 1.82) is 0 Å². The molecule has 4 fully saturated rings. The van der Waals surface area contributed by atoms with Gasteiger partial charge in [0.05, 0.1) is 11.8 Å². The quantitative estimate of drug-likeness (QED) is 0.237. The summed E-state index contributed by atoms with van der Waals surface area (Å²) in [5.41, 5.74) is 5.08. The monoisotopic (exact) mass is 587 g/mol. The van der Waals surface area contributed by atoms with Crippen LogP contribution in [0.25, 0.3) is 5.65 Å². The van der Waals surface area contributed by atoms with Crippen LogP contribution in [-0.4, -0.2) is 63.2 Å². The number of aryl methyl sites for hydroxylation is 1. The molecule has 1 unspecified atom stereocenters. The van der Waals surface area contributed by atoms with E-state index in [-0.39, 0.29) is 35.1 Å². The lowest BCUT2D eigenvalue weighted by Gasteiger charge is -2.71. The lowest BCUT2D eigenvalue weighted by Crippen LogP contribution is -2.67. The van der Waals surface area contributed by atoms with Crippen molar-refractivity contribution in [2.75, 3.05) is 27.2 Å². The van der Waals surface area contributed by atoms with E-state index in [1.807, 2.05) is 44.7 Å². The van der Waals surface area contributed by atoms with E-state index < -0.39 is 11.7 Å². The highest BCUT2D eigenvalue weighted by atomic mass is 19.4. The lowest BCUT2D eigenvalue weighted by molar-refractivity contribution is -0.138. The summed E-state index contributed by atoms with van der Waals surface area (Å²) in [4.78, 5) is 26.3. The van der Waals surface area contributed by atoms with Crippen LogP contribution >= 0.6 is 0 Å². The molecule has 2 bridgehead atoms. The first-order chi connectivity index (χ1) is 20.5. The van der Waals surface area contributed by atoms with Crippen LogP contribution < -0.4 is 0 Å². The number of imidazole rings is 1. The minimum absolute atomic E-state index is 0.0316. The molecule has 43 heavy (non-hydrogen) atoms. The number of aromatic nitrogens is 3. The number of alkyl halides is 3. The molecule has 224 valence electrons. The van der Waals surface area contributed by atoms with Crippen molar-refractivity contribution in [1.82, 2.24) is 24.2 Å². The van der Waals surface area contributed by atoms with Crippen molar-refractivity contribution < 1.29 is 18.0 Å². The molecule has 4 aromatic rings. The van der Waals surface area contributed by atoms with Gasteiger partial charge in [0.1, 0.15) is 0 Å². The number of carbonyl (C=O) groups excluding carboxylic acids is 1. The first kappa shape index (κ1) is 28.2. The fourth-order valence-electron chi connectivity index (χ4n) is 7.99. The Morgan fingerprint density at radius 1 is 1.07 bits per heavy atom. The fourth-order valence-corrected chi connectivity index (χ4v) is 7.99. The van der Waals surface area contributed by atoms with E-state index in [0.29, 0.717) is 17.2 Å². The molecule has 3 aliphatic carbocycles. The summed E-state index contributed by atoms with van der Waals surface area (Å²) in [7, 11) is 4.01. The van der Waals surface area contributed by atoms with Crippen molar-refractivity contribution in [3.63, 3.8) is 0 Å². The molecular formula is C34H36F3N5O. The average Bonchev–Trinajstić information content (AvgIpc) is 3.56. The summed E-state index contributed by atoms with van der Waals surface area (Å²) in [5.74, 6) is -0.161. The molecule has 0 radical (unpaired) electrons. The minimum atomic E-state index is -4.48. The minimum Gasteiger partial charge on any atom is -0.305 e. The number of fused-ring (bicyclic) bond motifs is 1. The molecule has 1 saturated heterocycles. The highest BCUT2D eigenvalue weighted by Gasteiger charge is 2.70. The molecule has 1 aliphatic heterocycles. The van der Waals surface area contributed by atoms with Crippen LogP contribution in [0.3, 0.4) is 0 Å². The largest absolute Gasteiger partial charge is 0.416 e. The zero-order valence-corrected chi connectivity index (χ0v) is 24.8.